The molecule has 0 aliphatic carbocycles. The number of nitrogens with two attached hydrogens (primary N) is 1. The lowest BCUT2D eigenvalue weighted by Gasteiger charge is -2.23. The number of anilines is 1. The number of pyridine rings is 1. The lowest BCUT2D eigenvalue weighted by atomic mass is 9.83. The van der Waals surface area contributed by atoms with Crippen LogP contribution in [0.15, 0.2) is 42.5 Å². The fourth-order valence-electron chi connectivity index (χ4n) is 3.69. The summed E-state index contributed by atoms with van der Waals surface area (Å²) in [6, 6.07) is 14.6. The van der Waals surface area contributed by atoms with Crippen LogP contribution in [0.2, 0.25) is 0 Å². The smallest absolute Gasteiger partial charge is 0.0730 e. The van der Waals surface area contributed by atoms with Crippen molar-refractivity contribution in [2.24, 2.45) is 11.3 Å². The summed E-state index contributed by atoms with van der Waals surface area (Å²) in [7, 11) is 0. The zero-order valence-corrected chi connectivity index (χ0v) is 15.3. The second-order valence-corrected chi connectivity index (χ2v) is 8.30. The molecule has 0 aliphatic rings. The lowest BCUT2D eigenvalue weighted by molar-refractivity contribution is 0.297. The Bertz CT molecular complexity index is 859. The van der Waals surface area contributed by atoms with Crippen LogP contribution < -0.4 is 5.73 Å². The van der Waals surface area contributed by atoms with E-state index in [1.54, 1.807) is 0 Å². The SMILES string of the molecule is CC(CCc1ccc2nc3ccccc3c(N)c2c1)CC(C)(C)C. The molecule has 0 bridgehead atoms. The minimum Gasteiger partial charge on any atom is -0.398 e. The highest BCUT2D eigenvalue weighted by Gasteiger charge is 2.15. The van der Waals surface area contributed by atoms with E-state index >= 15 is 0 Å². The molecule has 0 spiro atoms. The summed E-state index contributed by atoms with van der Waals surface area (Å²) in [6.45, 7) is 9.31. The molecule has 0 aliphatic heterocycles. The van der Waals surface area contributed by atoms with Crippen LogP contribution in [-0.2, 0) is 6.42 Å². The van der Waals surface area contributed by atoms with Crippen molar-refractivity contribution in [2.75, 3.05) is 5.73 Å². The molecule has 0 amide bonds. The number of hydrogen-bond acceptors (Lipinski definition) is 2. The highest BCUT2D eigenvalue weighted by Crippen LogP contribution is 2.30. The predicted molar refractivity (Wildman–Crippen MR) is 105 cm³/mol. The summed E-state index contributed by atoms with van der Waals surface area (Å²) in [6.07, 6.45) is 3.57. The Morgan fingerprint density at radius 2 is 1.71 bits per heavy atom. The van der Waals surface area contributed by atoms with Crippen LogP contribution in [0.1, 0.15) is 46.1 Å². The van der Waals surface area contributed by atoms with Gasteiger partial charge in [-0.1, -0.05) is 52.0 Å². The van der Waals surface area contributed by atoms with E-state index in [1.807, 2.05) is 18.2 Å². The number of benzene rings is 2. The fraction of sp³-hybridized carbons (Fsp3) is 0.409. The Labute approximate surface area is 145 Å². The molecular formula is C22H28N2. The molecule has 1 heterocycles. The number of para-hydroxylation sites is 1. The van der Waals surface area contributed by atoms with E-state index < -0.39 is 0 Å². The average Bonchev–Trinajstić information content (AvgIpc) is 2.52. The van der Waals surface area contributed by atoms with Gasteiger partial charge in [-0.15, -0.1) is 0 Å². The summed E-state index contributed by atoms with van der Waals surface area (Å²) in [5, 5.41) is 2.12. The van der Waals surface area contributed by atoms with Gasteiger partial charge in [0.1, 0.15) is 0 Å². The molecule has 3 rings (SSSR count). The van der Waals surface area contributed by atoms with Crippen LogP contribution in [0.3, 0.4) is 0 Å². The first-order valence-electron chi connectivity index (χ1n) is 8.90. The average molecular weight is 320 g/mol. The van der Waals surface area contributed by atoms with Gasteiger partial charge in [-0.3, -0.25) is 0 Å². The predicted octanol–water partition coefficient (Wildman–Crippen LogP) is 5.98. The minimum absolute atomic E-state index is 0.399. The number of aryl methyl sites for hydroxylation is 1. The third-order valence-corrected chi connectivity index (χ3v) is 4.67. The molecule has 3 aromatic rings. The van der Waals surface area contributed by atoms with Crippen molar-refractivity contribution in [3.05, 3.63) is 48.0 Å². The molecule has 1 atom stereocenters. The molecule has 1 unspecified atom stereocenters. The van der Waals surface area contributed by atoms with E-state index in [2.05, 4.69) is 52.0 Å². The van der Waals surface area contributed by atoms with Gasteiger partial charge < -0.3 is 5.73 Å². The summed E-state index contributed by atoms with van der Waals surface area (Å²) in [5.74, 6) is 0.729. The van der Waals surface area contributed by atoms with E-state index in [-0.39, 0.29) is 0 Å². The van der Waals surface area contributed by atoms with Gasteiger partial charge in [0.25, 0.3) is 0 Å². The van der Waals surface area contributed by atoms with Crippen LogP contribution >= 0.6 is 0 Å². The van der Waals surface area contributed by atoms with Gasteiger partial charge in [0.15, 0.2) is 0 Å². The Kier molecular flexibility index (Phi) is 4.49. The zero-order valence-electron chi connectivity index (χ0n) is 15.3. The fourth-order valence-corrected chi connectivity index (χ4v) is 3.69. The van der Waals surface area contributed by atoms with Gasteiger partial charge in [0.05, 0.1) is 16.7 Å². The maximum atomic E-state index is 6.42. The van der Waals surface area contributed by atoms with Crippen LogP contribution in [-0.4, -0.2) is 4.98 Å². The second-order valence-electron chi connectivity index (χ2n) is 8.30. The number of hydrogen-bond donors (Lipinski definition) is 1. The molecule has 0 radical (unpaired) electrons. The Morgan fingerprint density at radius 1 is 1.00 bits per heavy atom. The summed E-state index contributed by atoms with van der Waals surface area (Å²) in [4.78, 5) is 4.74. The van der Waals surface area contributed by atoms with E-state index in [0.717, 1.165) is 39.8 Å². The maximum Gasteiger partial charge on any atom is 0.0730 e. The topological polar surface area (TPSA) is 38.9 Å². The summed E-state index contributed by atoms with van der Waals surface area (Å²) >= 11 is 0. The monoisotopic (exact) mass is 320 g/mol. The van der Waals surface area contributed by atoms with E-state index in [0.29, 0.717) is 5.41 Å². The molecule has 24 heavy (non-hydrogen) atoms. The van der Waals surface area contributed by atoms with Crippen molar-refractivity contribution in [3.8, 4) is 0 Å². The van der Waals surface area contributed by atoms with Crippen molar-refractivity contribution < 1.29 is 0 Å². The molecule has 2 aromatic carbocycles. The first-order valence-corrected chi connectivity index (χ1v) is 8.90. The lowest BCUT2D eigenvalue weighted by Crippen LogP contribution is -2.11. The van der Waals surface area contributed by atoms with Crippen LogP contribution in [0.25, 0.3) is 21.8 Å². The van der Waals surface area contributed by atoms with Gasteiger partial charge in [0, 0.05) is 10.8 Å². The van der Waals surface area contributed by atoms with Crippen LogP contribution in [0.4, 0.5) is 5.69 Å². The zero-order chi connectivity index (χ0) is 17.3. The van der Waals surface area contributed by atoms with E-state index in [9.17, 15) is 0 Å². The van der Waals surface area contributed by atoms with Crippen molar-refractivity contribution >= 4 is 27.5 Å². The second kappa shape index (κ2) is 6.43. The molecular weight excluding hydrogens is 292 g/mol. The van der Waals surface area contributed by atoms with Crippen LogP contribution in [0, 0.1) is 11.3 Å². The van der Waals surface area contributed by atoms with E-state index in [4.69, 9.17) is 10.7 Å². The molecule has 1 aromatic heterocycles. The third kappa shape index (κ3) is 3.69. The number of nitrogen functional groups attached to an aromatic ring is 1. The highest BCUT2D eigenvalue weighted by molar-refractivity contribution is 6.06. The number of nitrogens with zero attached hydrogens (tertiary/aromatic N) is 1. The molecule has 2 heteroatoms. The van der Waals surface area contributed by atoms with Gasteiger partial charge >= 0.3 is 0 Å². The third-order valence-electron chi connectivity index (χ3n) is 4.67. The molecule has 2 nitrogen and oxygen atoms in total. The van der Waals surface area contributed by atoms with Crippen molar-refractivity contribution in [2.45, 2.75) is 47.0 Å². The Morgan fingerprint density at radius 3 is 2.46 bits per heavy atom. The largest absolute Gasteiger partial charge is 0.398 e. The quantitative estimate of drug-likeness (QED) is 0.601. The minimum atomic E-state index is 0.399. The maximum absolute atomic E-state index is 6.42. The first-order chi connectivity index (χ1) is 11.3. The van der Waals surface area contributed by atoms with Crippen molar-refractivity contribution in [1.82, 2.24) is 4.98 Å². The van der Waals surface area contributed by atoms with Crippen LogP contribution in [0.5, 0.6) is 0 Å². The Hall–Kier alpha value is -2.09. The first kappa shape index (κ1) is 16.8. The highest BCUT2D eigenvalue weighted by atomic mass is 14.7. The summed E-state index contributed by atoms with van der Waals surface area (Å²) in [5.41, 5.74) is 11.0. The number of rotatable bonds is 4. The number of aromatic nitrogens is 1. The van der Waals surface area contributed by atoms with Gasteiger partial charge in [-0.05, 0) is 54.4 Å². The van der Waals surface area contributed by atoms with Gasteiger partial charge in [-0.25, -0.2) is 4.98 Å². The van der Waals surface area contributed by atoms with E-state index in [1.165, 1.54) is 18.4 Å². The van der Waals surface area contributed by atoms with Crippen molar-refractivity contribution in [1.29, 1.82) is 0 Å². The van der Waals surface area contributed by atoms with Gasteiger partial charge in [0.2, 0.25) is 0 Å². The molecule has 0 saturated carbocycles. The summed E-state index contributed by atoms with van der Waals surface area (Å²) < 4.78 is 0. The normalized spacial score (nSPS) is 13.5. The molecule has 0 saturated heterocycles. The molecule has 2 N–H and O–H groups in total. The van der Waals surface area contributed by atoms with Gasteiger partial charge in [-0.2, -0.15) is 0 Å². The number of fused-ring (bicyclic) bond motifs is 2. The Balaban J connectivity index is 1.86. The van der Waals surface area contributed by atoms with Crippen molar-refractivity contribution in [3.63, 3.8) is 0 Å². The molecule has 126 valence electrons. The molecule has 0 fully saturated rings. The standard InChI is InChI=1S/C22H28N2/c1-15(14-22(2,3)4)9-10-16-11-12-20-18(13-16)21(23)17-7-5-6-8-19(17)24-20/h5-8,11-13,15H,9-10,14H2,1-4H3,(H2,23,24).